The maximum Gasteiger partial charge on any atom is 0.319 e. The Hall–Kier alpha value is -2.29. The second kappa shape index (κ2) is 6.05. The van der Waals surface area contributed by atoms with E-state index in [-0.39, 0.29) is 11.4 Å². The van der Waals surface area contributed by atoms with Gasteiger partial charge in [0.25, 0.3) is 11.6 Å². The van der Waals surface area contributed by atoms with Crippen LogP contribution in [0.3, 0.4) is 0 Å². The number of rotatable bonds is 5. The average Bonchev–Trinajstić information content (AvgIpc) is 2.37. The van der Waals surface area contributed by atoms with Crippen LogP contribution >= 0.6 is 0 Å². The van der Waals surface area contributed by atoms with Gasteiger partial charge in [0.05, 0.1) is 11.5 Å². The van der Waals surface area contributed by atoms with Crippen molar-refractivity contribution in [2.75, 3.05) is 18.5 Å². The second-order valence-electron chi connectivity index (χ2n) is 3.63. The highest BCUT2D eigenvalue weighted by Gasteiger charge is 2.28. The van der Waals surface area contributed by atoms with Crippen LogP contribution in [-0.4, -0.2) is 35.1 Å². The number of aliphatic hydroxyl groups is 1. The molecule has 0 spiro atoms. The molecule has 0 aromatic heterocycles. The number of aliphatic hydroxyl groups excluding tert-OH is 1. The van der Waals surface area contributed by atoms with Crippen LogP contribution in [0.1, 0.15) is 0 Å². The van der Waals surface area contributed by atoms with Gasteiger partial charge in [0, 0.05) is 17.8 Å². The van der Waals surface area contributed by atoms with Crippen LogP contribution in [0.2, 0.25) is 0 Å². The number of nitro benzene ring substituents is 1. The molecule has 0 radical (unpaired) electrons. The fraction of sp³-hybridized carbons (Fsp3) is 0.300. The Kier molecular flexibility index (Phi) is 4.70. The molecule has 3 N–H and O–H groups in total. The lowest BCUT2D eigenvalue weighted by Gasteiger charge is -2.14. The van der Waals surface area contributed by atoms with Crippen LogP contribution in [0.4, 0.5) is 25.0 Å². The average molecular weight is 275 g/mol. The molecule has 1 aromatic carbocycles. The van der Waals surface area contributed by atoms with Gasteiger partial charge in [-0.15, -0.1) is 0 Å². The van der Waals surface area contributed by atoms with Crippen molar-refractivity contribution < 1.29 is 23.6 Å². The van der Waals surface area contributed by atoms with Gasteiger partial charge in [0.1, 0.15) is 6.61 Å². The first-order valence-corrected chi connectivity index (χ1v) is 5.12. The molecule has 9 heteroatoms. The van der Waals surface area contributed by atoms with Gasteiger partial charge in [-0.1, -0.05) is 0 Å². The number of anilines is 1. The number of hydrogen-bond acceptors (Lipinski definition) is 4. The SMILES string of the molecule is O=C(NCC(F)(F)CO)Nc1ccc([N+](=O)[O-])cc1. The fourth-order valence-corrected chi connectivity index (χ4v) is 1.11. The van der Waals surface area contributed by atoms with E-state index in [9.17, 15) is 23.7 Å². The second-order valence-corrected chi connectivity index (χ2v) is 3.63. The molecule has 0 atom stereocenters. The van der Waals surface area contributed by atoms with Crippen molar-refractivity contribution in [3.05, 3.63) is 34.4 Å². The summed E-state index contributed by atoms with van der Waals surface area (Å²) in [5.74, 6) is -3.40. The Labute approximate surface area is 106 Å². The highest BCUT2D eigenvalue weighted by Crippen LogP contribution is 2.15. The third kappa shape index (κ3) is 4.84. The van der Waals surface area contributed by atoms with Gasteiger partial charge < -0.3 is 15.7 Å². The number of benzene rings is 1. The molecule has 0 unspecified atom stereocenters. The van der Waals surface area contributed by atoms with Crippen molar-refractivity contribution in [2.45, 2.75) is 5.92 Å². The number of carbonyl (C=O) groups excluding carboxylic acids is 1. The van der Waals surface area contributed by atoms with Crippen LogP contribution in [0, 0.1) is 10.1 Å². The standard InChI is InChI=1S/C10H11F2N3O4/c11-10(12,6-16)5-13-9(17)14-7-1-3-8(4-2-7)15(18)19/h1-4,16H,5-6H2,(H2,13,14,17). The van der Waals surface area contributed by atoms with E-state index < -0.39 is 30.0 Å². The zero-order valence-corrected chi connectivity index (χ0v) is 9.60. The van der Waals surface area contributed by atoms with E-state index in [0.29, 0.717) is 0 Å². The largest absolute Gasteiger partial charge is 0.390 e. The van der Waals surface area contributed by atoms with Crippen LogP contribution < -0.4 is 10.6 Å². The van der Waals surface area contributed by atoms with Gasteiger partial charge >= 0.3 is 6.03 Å². The molecule has 0 fully saturated rings. The lowest BCUT2D eigenvalue weighted by atomic mass is 10.3. The van der Waals surface area contributed by atoms with Crippen LogP contribution in [0.15, 0.2) is 24.3 Å². The number of hydrogen-bond donors (Lipinski definition) is 3. The quantitative estimate of drug-likeness (QED) is 0.557. The van der Waals surface area contributed by atoms with Gasteiger partial charge in [0.2, 0.25) is 0 Å². The molecule has 1 aromatic rings. The molecular weight excluding hydrogens is 264 g/mol. The smallest absolute Gasteiger partial charge is 0.319 e. The Bertz CT molecular complexity index is 464. The first-order chi connectivity index (χ1) is 8.84. The summed E-state index contributed by atoms with van der Waals surface area (Å²) in [7, 11) is 0. The molecule has 1 rings (SSSR count). The lowest BCUT2D eigenvalue weighted by molar-refractivity contribution is -0.384. The molecule has 2 amide bonds. The van der Waals surface area contributed by atoms with Crippen molar-refractivity contribution in [3.8, 4) is 0 Å². The summed E-state index contributed by atoms with van der Waals surface area (Å²) in [5, 5.41) is 22.8. The van der Waals surface area contributed by atoms with Crippen LogP contribution in [-0.2, 0) is 0 Å². The zero-order chi connectivity index (χ0) is 14.5. The molecule has 0 aliphatic rings. The topological polar surface area (TPSA) is 104 Å². The Morgan fingerprint density at radius 2 is 1.95 bits per heavy atom. The molecule has 0 aliphatic carbocycles. The summed E-state index contributed by atoms with van der Waals surface area (Å²) in [6.45, 7) is -2.38. The van der Waals surface area contributed by atoms with Crippen LogP contribution in [0.5, 0.6) is 0 Å². The predicted molar refractivity (Wildman–Crippen MR) is 62.2 cm³/mol. The summed E-state index contributed by atoms with van der Waals surface area (Å²) < 4.78 is 25.3. The summed E-state index contributed by atoms with van der Waals surface area (Å²) in [4.78, 5) is 21.0. The first kappa shape index (κ1) is 14.8. The molecule has 0 saturated heterocycles. The number of carbonyl (C=O) groups is 1. The number of nitro groups is 1. The van der Waals surface area contributed by atoms with Crippen molar-refractivity contribution in [3.63, 3.8) is 0 Å². The summed E-state index contributed by atoms with van der Waals surface area (Å²) in [6.07, 6.45) is 0. The third-order valence-electron chi connectivity index (χ3n) is 2.07. The van der Waals surface area contributed by atoms with E-state index >= 15 is 0 Å². The fourth-order valence-electron chi connectivity index (χ4n) is 1.11. The van der Waals surface area contributed by atoms with Gasteiger partial charge in [-0.05, 0) is 12.1 Å². The third-order valence-corrected chi connectivity index (χ3v) is 2.07. The summed E-state index contributed by atoms with van der Waals surface area (Å²) in [6, 6.07) is 3.96. The highest BCUT2D eigenvalue weighted by molar-refractivity contribution is 5.89. The Morgan fingerprint density at radius 1 is 1.37 bits per heavy atom. The molecule has 0 aliphatic heterocycles. The van der Waals surface area contributed by atoms with E-state index in [1.807, 2.05) is 5.32 Å². The number of non-ortho nitro benzene ring substituents is 1. The maximum atomic E-state index is 12.6. The highest BCUT2D eigenvalue weighted by atomic mass is 19.3. The molecular formula is C10H11F2N3O4. The first-order valence-electron chi connectivity index (χ1n) is 5.12. The van der Waals surface area contributed by atoms with Gasteiger partial charge in [-0.2, -0.15) is 0 Å². The minimum Gasteiger partial charge on any atom is -0.390 e. The minimum atomic E-state index is -3.40. The van der Waals surface area contributed by atoms with E-state index in [2.05, 4.69) is 5.32 Å². The number of alkyl halides is 2. The van der Waals surface area contributed by atoms with Gasteiger partial charge in [0.15, 0.2) is 0 Å². The van der Waals surface area contributed by atoms with Crippen molar-refractivity contribution >= 4 is 17.4 Å². The summed E-state index contributed by atoms with van der Waals surface area (Å²) >= 11 is 0. The molecule has 7 nitrogen and oxygen atoms in total. The molecule has 104 valence electrons. The number of amides is 2. The molecule has 0 saturated carbocycles. The van der Waals surface area contributed by atoms with E-state index in [1.54, 1.807) is 0 Å². The van der Waals surface area contributed by atoms with Gasteiger partial charge in [-0.3, -0.25) is 10.1 Å². The van der Waals surface area contributed by atoms with E-state index in [1.165, 1.54) is 12.1 Å². The lowest BCUT2D eigenvalue weighted by Crippen LogP contribution is -2.40. The number of nitrogens with zero attached hydrogens (tertiary/aromatic N) is 1. The van der Waals surface area contributed by atoms with Crippen molar-refractivity contribution in [1.29, 1.82) is 0 Å². The molecule has 0 heterocycles. The van der Waals surface area contributed by atoms with Crippen molar-refractivity contribution in [1.82, 2.24) is 5.32 Å². The molecule has 0 bridgehead atoms. The minimum absolute atomic E-state index is 0.155. The monoisotopic (exact) mass is 275 g/mol. The maximum absolute atomic E-state index is 12.6. The number of halogens is 2. The zero-order valence-electron chi connectivity index (χ0n) is 9.60. The van der Waals surface area contributed by atoms with Crippen LogP contribution in [0.25, 0.3) is 0 Å². The Balaban J connectivity index is 2.51. The van der Waals surface area contributed by atoms with E-state index in [4.69, 9.17) is 5.11 Å². The molecule has 19 heavy (non-hydrogen) atoms. The predicted octanol–water partition coefficient (Wildman–Crippen LogP) is 1.34. The summed E-state index contributed by atoms with van der Waals surface area (Å²) in [5.41, 5.74) is 0.0631. The Morgan fingerprint density at radius 3 is 2.42 bits per heavy atom. The number of nitrogens with one attached hydrogen (secondary N) is 2. The number of urea groups is 1. The normalized spacial score (nSPS) is 10.9. The van der Waals surface area contributed by atoms with Crippen molar-refractivity contribution in [2.24, 2.45) is 0 Å². The van der Waals surface area contributed by atoms with E-state index in [0.717, 1.165) is 12.1 Å². The van der Waals surface area contributed by atoms with Gasteiger partial charge in [-0.25, -0.2) is 13.6 Å².